The number of nitrogens with one attached hydrogen (secondary N) is 1. The van der Waals surface area contributed by atoms with E-state index in [0.717, 1.165) is 39.9 Å². The van der Waals surface area contributed by atoms with Gasteiger partial charge >= 0.3 is 0 Å². The van der Waals surface area contributed by atoms with Crippen molar-refractivity contribution in [1.82, 2.24) is 10.3 Å². The predicted molar refractivity (Wildman–Crippen MR) is 123 cm³/mol. The van der Waals surface area contributed by atoms with Crippen LogP contribution in [0, 0.1) is 6.92 Å². The number of aromatic nitrogens is 1. The molecule has 0 spiro atoms. The molecule has 158 valence electrons. The first kappa shape index (κ1) is 22.0. The number of ether oxygens (including phenoxy) is 2. The van der Waals surface area contributed by atoms with Crippen LogP contribution in [0.4, 0.5) is 0 Å². The van der Waals surface area contributed by atoms with E-state index < -0.39 is 0 Å². The van der Waals surface area contributed by atoms with Crippen molar-refractivity contribution >= 4 is 28.6 Å². The van der Waals surface area contributed by atoms with Crippen molar-refractivity contribution < 1.29 is 14.3 Å². The van der Waals surface area contributed by atoms with Gasteiger partial charge in [0.15, 0.2) is 11.5 Å². The van der Waals surface area contributed by atoms with E-state index in [1.165, 1.54) is 17.3 Å². The van der Waals surface area contributed by atoms with E-state index in [1.807, 2.05) is 25.1 Å². The minimum Gasteiger partial charge on any atom is -0.493 e. The van der Waals surface area contributed by atoms with Gasteiger partial charge in [0.1, 0.15) is 5.03 Å². The summed E-state index contributed by atoms with van der Waals surface area (Å²) in [5.74, 6) is 1.74. The fourth-order valence-electron chi connectivity index (χ4n) is 3.25. The molecule has 0 radical (unpaired) electrons. The maximum atomic E-state index is 12.3. The molecule has 0 aliphatic heterocycles. The minimum atomic E-state index is 0.00287. The van der Waals surface area contributed by atoms with Crippen molar-refractivity contribution in [3.8, 4) is 11.5 Å². The van der Waals surface area contributed by atoms with E-state index in [0.29, 0.717) is 23.8 Å². The molecule has 0 unspecified atom stereocenters. The lowest BCUT2D eigenvalue weighted by molar-refractivity contribution is -0.118. The lowest BCUT2D eigenvalue weighted by Crippen LogP contribution is -2.27. The summed E-state index contributed by atoms with van der Waals surface area (Å²) in [5.41, 5.74) is 4.45. The number of hydrogen-bond donors (Lipinski definition) is 1. The Balaban J connectivity index is 1.53. The Morgan fingerprint density at radius 1 is 1.03 bits per heavy atom. The fourth-order valence-corrected chi connectivity index (χ4v) is 4.07. The highest BCUT2D eigenvalue weighted by molar-refractivity contribution is 7.99. The molecule has 0 aliphatic rings. The molecule has 0 bridgehead atoms. The number of nitrogens with zero attached hydrogens (tertiary/aromatic N) is 1. The Morgan fingerprint density at radius 2 is 1.80 bits per heavy atom. The zero-order valence-electron chi connectivity index (χ0n) is 18.0. The van der Waals surface area contributed by atoms with Crippen LogP contribution in [0.15, 0.2) is 47.5 Å². The van der Waals surface area contributed by atoms with Crippen LogP contribution in [-0.2, 0) is 17.6 Å². The van der Waals surface area contributed by atoms with Crippen molar-refractivity contribution in [3.05, 3.63) is 59.2 Å². The highest BCUT2D eigenvalue weighted by Gasteiger charge is 2.09. The van der Waals surface area contributed by atoms with Gasteiger partial charge in [0.2, 0.25) is 5.91 Å². The van der Waals surface area contributed by atoms with Gasteiger partial charge in [-0.1, -0.05) is 30.8 Å². The standard InChI is InChI=1S/C24H28N2O3S/c1-5-17-6-8-20-19(13-17)12-16(2)24(26-20)30-15-23(27)25-11-10-18-7-9-21(28-3)22(14-18)29-4/h6-9,12-14H,5,10-11,15H2,1-4H3,(H,25,27). The first-order chi connectivity index (χ1) is 14.5. The SMILES string of the molecule is CCc1ccc2nc(SCC(=O)NCCc3ccc(OC)c(OC)c3)c(C)cc2c1. The Bertz CT molecular complexity index is 1040. The van der Waals surface area contributed by atoms with Crippen molar-refractivity contribution in [3.63, 3.8) is 0 Å². The van der Waals surface area contributed by atoms with Crippen LogP contribution in [0.1, 0.15) is 23.6 Å². The second-order valence-electron chi connectivity index (χ2n) is 7.07. The third-order valence-corrected chi connectivity index (χ3v) is 6.05. The number of methoxy groups -OCH3 is 2. The monoisotopic (exact) mass is 424 g/mol. The molecule has 1 aromatic heterocycles. The number of fused-ring (bicyclic) bond motifs is 1. The van der Waals surface area contributed by atoms with E-state index in [9.17, 15) is 4.79 Å². The molecular formula is C24H28N2O3S. The number of thioether (sulfide) groups is 1. The summed E-state index contributed by atoms with van der Waals surface area (Å²) in [6.07, 6.45) is 1.73. The van der Waals surface area contributed by atoms with Crippen LogP contribution in [0.2, 0.25) is 0 Å². The second kappa shape index (κ2) is 10.3. The van der Waals surface area contributed by atoms with Gasteiger partial charge in [-0.15, -0.1) is 0 Å². The molecule has 2 aromatic carbocycles. The average molecular weight is 425 g/mol. The molecule has 0 fully saturated rings. The number of carbonyl (C=O) groups is 1. The van der Waals surface area contributed by atoms with Gasteiger partial charge in [-0.2, -0.15) is 0 Å². The molecule has 30 heavy (non-hydrogen) atoms. The number of benzene rings is 2. The van der Waals surface area contributed by atoms with Gasteiger partial charge in [0, 0.05) is 11.9 Å². The number of rotatable bonds is 9. The van der Waals surface area contributed by atoms with Crippen LogP contribution < -0.4 is 14.8 Å². The fraction of sp³-hybridized carbons (Fsp3) is 0.333. The molecule has 5 nitrogen and oxygen atoms in total. The van der Waals surface area contributed by atoms with Crippen LogP contribution in [-0.4, -0.2) is 37.4 Å². The normalized spacial score (nSPS) is 10.8. The number of pyridine rings is 1. The topological polar surface area (TPSA) is 60.5 Å². The molecule has 3 aromatic rings. The molecule has 1 amide bonds. The number of amides is 1. The van der Waals surface area contributed by atoms with E-state index in [4.69, 9.17) is 14.5 Å². The first-order valence-corrected chi connectivity index (χ1v) is 11.0. The predicted octanol–water partition coefficient (Wildman–Crippen LogP) is 4.57. The minimum absolute atomic E-state index is 0.00287. The zero-order valence-corrected chi connectivity index (χ0v) is 18.8. The Morgan fingerprint density at radius 3 is 2.53 bits per heavy atom. The van der Waals surface area contributed by atoms with E-state index in [2.05, 4.69) is 36.5 Å². The molecule has 6 heteroatoms. The van der Waals surface area contributed by atoms with Gasteiger partial charge in [-0.25, -0.2) is 4.98 Å². The highest BCUT2D eigenvalue weighted by atomic mass is 32.2. The lowest BCUT2D eigenvalue weighted by Gasteiger charge is -2.10. The summed E-state index contributed by atoms with van der Waals surface area (Å²) in [5, 5.41) is 5.03. The van der Waals surface area contributed by atoms with E-state index >= 15 is 0 Å². The van der Waals surface area contributed by atoms with E-state index in [1.54, 1.807) is 14.2 Å². The first-order valence-electron chi connectivity index (χ1n) is 10.0. The van der Waals surface area contributed by atoms with Crippen molar-refractivity contribution in [2.75, 3.05) is 26.5 Å². The molecule has 0 atom stereocenters. The molecular weight excluding hydrogens is 396 g/mol. The van der Waals surface area contributed by atoms with E-state index in [-0.39, 0.29) is 5.91 Å². The maximum Gasteiger partial charge on any atom is 0.230 e. The third-order valence-electron chi connectivity index (χ3n) is 4.96. The second-order valence-corrected chi connectivity index (χ2v) is 8.03. The van der Waals surface area contributed by atoms with Gasteiger partial charge < -0.3 is 14.8 Å². The summed E-state index contributed by atoms with van der Waals surface area (Å²) in [4.78, 5) is 17.0. The average Bonchev–Trinajstić information content (AvgIpc) is 2.77. The lowest BCUT2D eigenvalue weighted by atomic mass is 10.1. The van der Waals surface area contributed by atoms with Crippen molar-refractivity contribution in [1.29, 1.82) is 0 Å². The van der Waals surface area contributed by atoms with Gasteiger partial charge in [-0.3, -0.25) is 4.79 Å². The van der Waals surface area contributed by atoms with Gasteiger partial charge in [-0.05, 0) is 66.8 Å². The van der Waals surface area contributed by atoms with Crippen LogP contribution in [0.25, 0.3) is 10.9 Å². The van der Waals surface area contributed by atoms with Gasteiger partial charge in [0.25, 0.3) is 0 Å². The Hall–Kier alpha value is -2.73. The van der Waals surface area contributed by atoms with Crippen LogP contribution in [0.5, 0.6) is 11.5 Å². The maximum absolute atomic E-state index is 12.3. The number of hydrogen-bond acceptors (Lipinski definition) is 5. The zero-order chi connectivity index (χ0) is 21.5. The quantitative estimate of drug-likeness (QED) is 0.510. The van der Waals surface area contributed by atoms with Crippen molar-refractivity contribution in [2.24, 2.45) is 0 Å². The summed E-state index contributed by atoms with van der Waals surface area (Å²) in [6.45, 7) is 4.76. The molecule has 3 rings (SSSR count). The summed E-state index contributed by atoms with van der Waals surface area (Å²) >= 11 is 1.48. The van der Waals surface area contributed by atoms with Crippen molar-refractivity contribution in [2.45, 2.75) is 31.7 Å². The van der Waals surface area contributed by atoms with Gasteiger partial charge in [0.05, 0.1) is 25.5 Å². The third kappa shape index (κ3) is 5.45. The summed E-state index contributed by atoms with van der Waals surface area (Å²) in [6, 6.07) is 14.3. The van der Waals surface area contributed by atoms with Crippen LogP contribution in [0.3, 0.4) is 0 Å². The van der Waals surface area contributed by atoms with Crippen LogP contribution >= 0.6 is 11.8 Å². The number of carbonyl (C=O) groups excluding carboxylic acids is 1. The highest BCUT2D eigenvalue weighted by Crippen LogP contribution is 2.28. The Kier molecular flexibility index (Phi) is 7.57. The molecule has 0 aliphatic carbocycles. The summed E-state index contributed by atoms with van der Waals surface area (Å²) < 4.78 is 10.6. The molecule has 0 saturated heterocycles. The molecule has 1 heterocycles. The summed E-state index contributed by atoms with van der Waals surface area (Å²) in [7, 11) is 3.23. The molecule has 1 N–H and O–H groups in total. The number of aryl methyl sites for hydroxylation is 2. The molecule has 0 saturated carbocycles. The largest absolute Gasteiger partial charge is 0.493 e. The Labute approximate surface area is 182 Å². The smallest absolute Gasteiger partial charge is 0.230 e.